The van der Waals surface area contributed by atoms with E-state index >= 15 is 0 Å². The summed E-state index contributed by atoms with van der Waals surface area (Å²) in [4.78, 5) is 35.0. The molecule has 0 saturated carbocycles. The maximum absolute atomic E-state index is 12.2. The molecule has 1 atom stereocenters. The molecule has 0 spiro atoms. The highest BCUT2D eigenvalue weighted by molar-refractivity contribution is 5.85. The van der Waals surface area contributed by atoms with Crippen molar-refractivity contribution < 1.29 is 23.9 Å². The van der Waals surface area contributed by atoms with Gasteiger partial charge in [-0.1, -0.05) is 20.3 Å². The molecular weight excluding hydrogens is 312 g/mol. The lowest BCUT2D eigenvalue weighted by Crippen LogP contribution is -2.51. The molecule has 0 rings (SSSR count). The van der Waals surface area contributed by atoms with Crippen LogP contribution in [0.15, 0.2) is 0 Å². The third kappa shape index (κ3) is 10.9. The number of rotatable bonds is 9. The number of hydrogen-bond acceptors (Lipinski definition) is 5. The van der Waals surface area contributed by atoms with Crippen LogP contribution in [0.4, 0.5) is 4.79 Å². The molecule has 7 nitrogen and oxygen atoms in total. The van der Waals surface area contributed by atoms with Crippen LogP contribution >= 0.6 is 0 Å². The highest BCUT2D eigenvalue weighted by atomic mass is 16.6. The molecule has 0 saturated heterocycles. The Labute approximate surface area is 144 Å². The molecule has 0 radical (unpaired) electrons. The summed E-state index contributed by atoms with van der Waals surface area (Å²) in [6.07, 6.45) is 2.10. The topological polar surface area (TPSA) is 93.7 Å². The fourth-order valence-corrected chi connectivity index (χ4v) is 1.96. The number of nitrogens with one attached hydrogen (secondary N) is 2. The summed E-state index contributed by atoms with van der Waals surface area (Å²) in [5, 5.41) is 5.42. The van der Waals surface area contributed by atoms with Gasteiger partial charge in [-0.25, -0.2) is 4.79 Å². The number of alkyl carbamates (subject to hydrolysis) is 1. The van der Waals surface area contributed by atoms with Crippen LogP contribution in [0, 0.1) is 5.92 Å². The van der Waals surface area contributed by atoms with Crippen LogP contribution < -0.4 is 10.6 Å². The molecule has 0 aromatic heterocycles. The first kappa shape index (κ1) is 22.2. The minimum Gasteiger partial charge on any atom is -0.469 e. The molecule has 0 bridgehead atoms. The second kappa shape index (κ2) is 10.9. The van der Waals surface area contributed by atoms with Gasteiger partial charge in [0.15, 0.2) is 0 Å². The molecule has 0 aliphatic rings. The lowest BCUT2D eigenvalue weighted by molar-refractivity contribution is -0.140. The van der Waals surface area contributed by atoms with E-state index in [-0.39, 0.29) is 17.8 Å². The van der Waals surface area contributed by atoms with Gasteiger partial charge in [0.1, 0.15) is 11.6 Å². The maximum atomic E-state index is 12.2. The van der Waals surface area contributed by atoms with Gasteiger partial charge in [-0.2, -0.15) is 0 Å². The Bertz CT molecular complexity index is 416. The summed E-state index contributed by atoms with van der Waals surface area (Å²) in [7, 11) is 1.37. The van der Waals surface area contributed by atoms with Crippen LogP contribution in [0.25, 0.3) is 0 Å². The smallest absolute Gasteiger partial charge is 0.408 e. The van der Waals surface area contributed by atoms with Gasteiger partial charge in [0.2, 0.25) is 5.91 Å². The van der Waals surface area contributed by atoms with Crippen molar-refractivity contribution >= 4 is 18.0 Å². The van der Waals surface area contributed by atoms with E-state index in [4.69, 9.17) is 4.74 Å². The van der Waals surface area contributed by atoms with Gasteiger partial charge in [-0.3, -0.25) is 9.59 Å². The van der Waals surface area contributed by atoms with Gasteiger partial charge in [-0.15, -0.1) is 0 Å². The number of carbonyl (C=O) groups excluding carboxylic acids is 3. The van der Waals surface area contributed by atoms with Gasteiger partial charge in [0.05, 0.1) is 7.11 Å². The normalized spacial score (nSPS) is 12.5. The molecule has 140 valence electrons. The molecule has 7 heteroatoms. The average molecular weight is 344 g/mol. The molecule has 2 amide bonds. The predicted molar refractivity (Wildman–Crippen MR) is 91.5 cm³/mol. The molecule has 0 heterocycles. The van der Waals surface area contributed by atoms with Crippen molar-refractivity contribution in [2.24, 2.45) is 5.92 Å². The highest BCUT2D eigenvalue weighted by Crippen LogP contribution is 2.09. The van der Waals surface area contributed by atoms with E-state index in [1.54, 1.807) is 20.8 Å². The van der Waals surface area contributed by atoms with Crippen LogP contribution in [-0.4, -0.2) is 43.3 Å². The Morgan fingerprint density at radius 1 is 1.04 bits per heavy atom. The van der Waals surface area contributed by atoms with Crippen molar-refractivity contribution in [2.75, 3.05) is 13.7 Å². The summed E-state index contributed by atoms with van der Waals surface area (Å²) in [6, 6.07) is -0.644. The molecule has 0 aliphatic carbocycles. The summed E-state index contributed by atoms with van der Waals surface area (Å²) in [5.41, 5.74) is -0.609. The van der Waals surface area contributed by atoms with E-state index in [0.29, 0.717) is 13.0 Å². The first-order valence-corrected chi connectivity index (χ1v) is 8.41. The van der Waals surface area contributed by atoms with E-state index in [1.165, 1.54) is 7.11 Å². The number of hydrogen-bond donors (Lipinski definition) is 2. The van der Waals surface area contributed by atoms with E-state index in [0.717, 1.165) is 19.3 Å². The van der Waals surface area contributed by atoms with Crippen LogP contribution in [-0.2, 0) is 19.1 Å². The van der Waals surface area contributed by atoms with Crippen LogP contribution in [0.3, 0.4) is 0 Å². The Morgan fingerprint density at radius 3 is 2.17 bits per heavy atom. The first-order chi connectivity index (χ1) is 11.1. The third-order valence-corrected chi connectivity index (χ3v) is 3.21. The molecule has 0 aromatic rings. The number of unbranched alkanes of at least 4 members (excludes halogenated alkanes) is 2. The SMILES string of the molecule is COC(=O)CCCCCNC(=O)[C@@H](NC(=O)OC(C)(C)C)C(C)C. The molecular formula is C17H32N2O5. The quantitative estimate of drug-likeness (QED) is 0.495. The summed E-state index contributed by atoms with van der Waals surface area (Å²) < 4.78 is 9.75. The van der Waals surface area contributed by atoms with Crippen LogP contribution in [0.5, 0.6) is 0 Å². The zero-order chi connectivity index (χ0) is 18.8. The fraction of sp³-hybridized carbons (Fsp3) is 0.824. The zero-order valence-electron chi connectivity index (χ0n) is 15.7. The van der Waals surface area contributed by atoms with E-state index in [9.17, 15) is 14.4 Å². The number of esters is 1. The minimum atomic E-state index is -0.644. The summed E-state index contributed by atoms with van der Waals surface area (Å²) in [5.74, 6) is -0.513. The molecule has 0 fully saturated rings. The predicted octanol–water partition coefficient (Wildman–Crippen LogP) is 2.39. The van der Waals surface area contributed by atoms with Crippen molar-refractivity contribution in [3.63, 3.8) is 0 Å². The van der Waals surface area contributed by atoms with Crippen LogP contribution in [0.2, 0.25) is 0 Å². The van der Waals surface area contributed by atoms with Gasteiger partial charge < -0.3 is 20.1 Å². The lowest BCUT2D eigenvalue weighted by Gasteiger charge is -2.25. The van der Waals surface area contributed by atoms with E-state index in [2.05, 4.69) is 15.4 Å². The average Bonchev–Trinajstić information content (AvgIpc) is 2.45. The molecule has 0 aromatic carbocycles. The Kier molecular flexibility index (Phi) is 10.1. The maximum Gasteiger partial charge on any atom is 0.408 e. The second-order valence-electron chi connectivity index (χ2n) is 7.05. The number of ether oxygens (including phenoxy) is 2. The van der Waals surface area contributed by atoms with Crippen molar-refractivity contribution in [1.29, 1.82) is 0 Å². The Morgan fingerprint density at radius 2 is 1.67 bits per heavy atom. The van der Waals surface area contributed by atoms with Crippen molar-refractivity contribution in [3.8, 4) is 0 Å². The Hall–Kier alpha value is -1.79. The first-order valence-electron chi connectivity index (χ1n) is 8.41. The van der Waals surface area contributed by atoms with Gasteiger partial charge >= 0.3 is 12.1 Å². The number of amides is 2. The highest BCUT2D eigenvalue weighted by Gasteiger charge is 2.26. The van der Waals surface area contributed by atoms with E-state index in [1.807, 2.05) is 13.8 Å². The molecule has 24 heavy (non-hydrogen) atoms. The third-order valence-electron chi connectivity index (χ3n) is 3.21. The van der Waals surface area contributed by atoms with Gasteiger partial charge in [-0.05, 0) is 39.5 Å². The van der Waals surface area contributed by atoms with Crippen molar-refractivity contribution in [1.82, 2.24) is 10.6 Å². The van der Waals surface area contributed by atoms with E-state index < -0.39 is 17.7 Å². The monoisotopic (exact) mass is 344 g/mol. The number of methoxy groups -OCH3 is 1. The summed E-state index contributed by atoms with van der Waals surface area (Å²) in [6.45, 7) is 9.53. The van der Waals surface area contributed by atoms with Gasteiger partial charge in [0, 0.05) is 13.0 Å². The zero-order valence-corrected chi connectivity index (χ0v) is 15.7. The Balaban J connectivity index is 4.17. The molecule has 0 unspecified atom stereocenters. The molecule has 2 N–H and O–H groups in total. The molecule has 0 aliphatic heterocycles. The lowest BCUT2D eigenvalue weighted by atomic mass is 10.0. The number of carbonyl (C=O) groups is 3. The van der Waals surface area contributed by atoms with Crippen molar-refractivity contribution in [3.05, 3.63) is 0 Å². The van der Waals surface area contributed by atoms with Crippen LogP contribution in [0.1, 0.15) is 60.3 Å². The fourth-order valence-electron chi connectivity index (χ4n) is 1.96. The van der Waals surface area contributed by atoms with Gasteiger partial charge in [0.25, 0.3) is 0 Å². The summed E-state index contributed by atoms with van der Waals surface area (Å²) >= 11 is 0. The minimum absolute atomic E-state index is 0.0585. The standard InChI is InChI=1S/C17H32N2O5/c1-12(2)14(19-16(22)24-17(3,4)5)15(21)18-11-9-7-8-10-13(20)23-6/h12,14H,7-11H2,1-6H3,(H,18,21)(H,19,22)/t14-/m0/s1. The second-order valence-corrected chi connectivity index (χ2v) is 7.05. The van der Waals surface area contributed by atoms with Crippen molar-refractivity contribution in [2.45, 2.75) is 71.9 Å². The largest absolute Gasteiger partial charge is 0.469 e.